The third kappa shape index (κ3) is 4.96. The molecule has 3 aromatic rings. The number of hydrogen-bond acceptors (Lipinski definition) is 4. The number of halogens is 3. The summed E-state index contributed by atoms with van der Waals surface area (Å²) in [6, 6.07) is 12.8. The zero-order chi connectivity index (χ0) is 21.2. The van der Waals surface area contributed by atoms with Crippen molar-refractivity contribution in [2.75, 3.05) is 0 Å². The van der Waals surface area contributed by atoms with Crippen LogP contribution in [0.5, 0.6) is 5.75 Å². The average Bonchev–Trinajstić information content (AvgIpc) is 3.01. The van der Waals surface area contributed by atoms with E-state index in [9.17, 15) is 18.4 Å². The summed E-state index contributed by atoms with van der Waals surface area (Å²) in [6.45, 7) is 5.64. The Morgan fingerprint density at radius 3 is 2.59 bits per heavy atom. The van der Waals surface area contributed by atoms with Gasteiger partial charge in [-0.15, -0.1) is 11.3 Å². The largest absolute Gasteiger partial charge is 0.490 e. The number of aromatic nitrogens is 1. The first-order valence-corrected chi connectivity index (χ1v) is 9.82. The molecule has 2 aromatic carbocycles. The van der Waals surface area contributed by atoms with Gasteiger partial charge in [0.2, 0.25) is 0 Å². The maximum Gasteiger partial charge on any atom is 0.416 e. The number of rotatable bonds is 5. The quantitative estimate of drug-likeness (QED) is 0.484. The van der Waals surface area contributed by atoms with Gasteiger partial charge in [0, 0.05) is 6.42 Å². The lowest BCUT2D eigenvalue weighted by molar-refractivity contribution is -0.137. The van der Waals surface area contributed by atoms with Crippen LogP contribution in [-0.2, 0) is 12.6 Å². The summed E-state index contributed by atoms with van der Waals surface area (Å²) in [5, 5.41) is 10.0. The molecule has 29 heavy (non-hydrogen) atoms. The van der Waals surface area contributed by atoms with E-state index in [2.05, 4.69) is 11.1 Å². The second kappa shape index (κ2) is 8.26. The highest BCUT2D eigenvalue weighted by molar-refractivity contribution is 7.15. The third-order valence-electron chi connectivity index (χ3n) is 4.18. The second-order valence-electron chi connectivity index (χ2n) is 6.89. The van der Waals surface area contributed by atoms with Crippen LogP contribution in [-0.4, -0.2) is 11.1 Å². The van der Waals surface area contributed by atoms with Crippen LogP contribution in [0.4, 0.5) is 13.2 Å². The van der Waals surface area contributed by atoms with Gasteiger partial charge in [-0.25, -0.2) is 4.98 Å². The lowest BCUT2D eigenvalue weighted by Crippen LogP contribution is -2.06. The van der Waals surface area contributed by atoms with E-state index in [4.69, 9.17) is 4.74 Å². The SMILES string of the molecule is Cc1nc(Cc2cccc(C(F)(F)F)c2)sc1-c1ccc(C#N)c(OC(C)C)c1. The number of benzene rings is 2. The average molecular weight is 416 g/mol. The maximum absolute atomic E-state index is 12.9. The van der Waals surface area contributed by atoms with Crippen molar-refractivity contribution in [3.05, 3.63) is 69.9 Å². The Balaban J connectivity index is 1.91. The molecule has 1 aromatic heterocycles. The molecule has 0 atom stereocenters. The Morgan fingerprint density at radius 2 is 1.93 bits per heavy atom. The fourth-order valence-electron chi connectivity index (χ4n) is 2.94. The van der Waals surface area contributed by atoms with Gasteiger partial charge < -0.3 is 4.74 Å². The smallest absolute Gasteiger partial charge is 0.416 e. The maximum atomic E-state index is 12.9. The summed E-state index contributed by atoms with van der Waals surface area (Å²) in [5.74, 6) is 0.507. The minimum absolute atomic E-state index is 0.0728. The molecule has 0 aliphatic carbocycles. The lowest BCUT2D eigenvalue weighted by Gasteiger charge is -2.12. The Kier molecular flexibility index (Phi) is 5.94. The van der Waals surface area contributed by atoms with Gasteiger partial charge in [-0.3, -0.25) is 0 Å². The van der Waals surface area contributed by atoms with Crippen LogP contribution in [0.25, 0.3) is 10.4 Å². The summed E-state index contributed by atoms with van der Waals surface area (Å²) in [6.07, 6.45) is -4.12. The number of hydrogen-bond donors (Lipinski definition) is 0. The number of aryl methyl sites for hydroxylation is 1. The molecule has 0 aliphatic rings. The van der Waals surface area contributed by atoms with E-state index in [1.807, 2.05) is 32.9 Å². The number of nitrogens with zero attached hydrogens (tertiary/aromatic N) is 2. The summed E-state index contributed by atoms with van der Waals surface area (Å²) >= 11 is 1.43. The number of thiazole rings is 1. The lowest BCUT2D eigenvalue weighted by atomic mass is 10.1. The van der Waals surface area contributed by atoms with Crippen molar-refractivity contribution >= 4 is 11.3 Å². The third-order valence-corrected chi connectivity index (χ3v) is 5.38. The number of alkyl halides is 3. The van der Waals surface area contributed by atoms with Crippen molar-refractivity contribution in [2.24, 2.45) is 0 Å². The molecule has 1 heterocycles. The van der Waals surface area contributed by atoms with Crippen molar-refractivity contribution in [1.29, 1.82) is 5.26 Å². The minimum Gasteiger partial charge on any atom is -0.490 e. The molecule has 0 aliphatic heterocycles. The van der Waals surface area contributed by atoms with E-state index in [-0.39, 0.29) is 6.10 Å². The highest BCUT2D eigenvalue weighted by atomic mass is 32.1. The van der Waals surface area contributed by atoms with Crippen LogP contribution in [0, 0.1) is 18.3 Å². The Hall–Kier alpha value is -2.85. The van der Waals surface area contributed by atoms with Gasteiger partial charge in [-0.05, 0) is 50.1 Å². The van der Waals surface area contributed by atoms with Crippen LogP contribution >= 0.6 is 11.3 Å². The normalized spacial score (nSPS) is 11.5. The van der Waals surface area contributed by atoms with Crippen molar-refractivity contribution in [3.63, 3.8) is 0 Å². The predicted octanol–water partition coefficient (Wildman–Crippen LogP) is 6.39. The minimum atomic E-state index is -4.37. The topological polar surface area (TPSA) is 45.9 Å². The number of nitriles is 1. The molecule has 150 valence electrons. The first kappa shape index (κ1) is 20.9. The molecule has 0 saturated heterocycles. The van der Waals surface area contributed by atoms with Crippen LogP contribution in [0.3, 0.4) is 0 Å². The molecule has 0 spiro atoms. The molecule has 7 heteroatoms. The van der Waals surface area contributed by atoms with Gasteiger partial charge in [0.1, 0.15) is 11.8 Å². The molecular formula is C22H19F3N2OS. The van der Waals surface area contributed by atoms with E-state index >= 15 is 0 Å². The van der Waals surface area contributed by atoms with Gasteiger partial charge in [0.15, 0.2) is 0 Å². The zero-order valence-electron chi connectivity index (χ0n) is 16.2. The van der Waals surface area contributed by atoms with Crippen molar-refractivity contribution in [1.82, 2.24) is 4.98 Å². The van der Waals surface area contributed by atoms with Crippen LogP contribution in [0.15, 0.2) is 42.5 Å². The van der Waals surface area contributed by atoms with E-state index in [1.165, 1.54) is 17.4 Å². The Bertz CT molecular complexity index is 1060. The van der Waals surface area contributed by atoms with E-state index < -0.39 is 11.7 Å². The molecule has 0 radical (unpaired) electrons. The predicted molar refractivity (Wildman–Crippen MR) is 107 cm³/mol. The summed E-state index contributed by atoms with van der Waals surface area (Å²) in [4.78, 5) is 5.45. The van der Waals surface area contributed by atoms with Gasteiger partial charge in [-0.1, -0.05) is 24.3 Å². The van der Waals surface area contributed by atoms with Crippen LogP contribution in [0.1, 0.15) is 41.2 Å². The van der Waals surface area contributed by atoms with Crippen molar-refractivity contribution in [3.8, 4) is 22.3 Å². The second-order valence-corrected chi connectivity index (χ2v) is 7.97. The van der Waals surface area contributed by atoms with E-state index in [1.54, 1.807) is 12.1 Å². The molecule has 0 fully saturated rings. The van der Waals surface area contributed by atoms with Crippen molar-refractivity contribution in [2.45, 2.75) is 39.5 Å². The molecule has 0 amide bonds. The Morgan fingerprint density at radius 1 is 1.17 bits per heavy atom. The molecule has 3 nitrogen and oxygen atoms in total. The number of ether oxygens (including phenoxy) is 1. The van der Waals surface area contributed by atoms with Crippen molar-refractivity contribution < 1.29 is 17.9 Å². The molecular weight excluding hydrogens is 397 g/mol. The first-order chi connectivity index (χ1) is 13.7. The standard InChI is InChI=1S/C22H19F3N2OS/c1-13(2)28-19-11-16(7-8-17(19)12-26)21-14(3)27-20(29-21)10-15-5-4-6-18(9-15)22(23,24)25/h4-9,11,13H,10H2,1-3H3. The molecule has 0 bridgehead atoms. The molecule has 0 saturated carbocycles. The fourth-order valence-corrected chi connectivity index (χ4v) is 4.03. The Labute approximate surface area is 171 Å². The highest BCUT2D eigenvalue weighted by Crippen LogP contribution is 2.35. The van der Waals surface area contributed by atoms with Crippen LogP contribution < -0.4 is 4.74 Å². The zero-order valence-corrected chi connectivity index (χ0v) is 17.0. The highest BCUT2D eigenvalue weighted by Gasteiger charge is 2.30. The molecule has 3 rings (SSSR count). The van der Waals surface area contributed by atoms with E-state index in [0.29, 0.717) is 23.3 Å². The van der Waals surface area contributed by atoms with Gasteiger partial charge in [-0.2, -0.15) is 18.4 Å². The van der Waals surface area contributed by atoms with Gasteiger partial charge >= 0.3 is 6.18 Å². The molecule has 0 N–H and O–H groups in total. The fraction of sp³-hybridized carbons (Fsp3) is 0.273. The monoisotopic (exact) mass is 416 g/mol. The van der Waals surface area contributed by atoms with Gasteiger partial charge in [0.05, 0.1) is 32.8 Å². The van der Waals surface area contributed by atoms with Gasteiger partial charge in [0.25, 0.3) is 0 Å². The first-order valence-electron chi connectivity index (χ1n) is 9.01. The van der Waals surface area contributed by atoms with Crippen LogP contribution in [0.2, 0.25) is 0 Å². The summed E-state index contributed by atoms with van der Waals surface area (Å²) in [7, 11) is 0. The van der Waals surface area contributed by atoms with E-state index in [0.717, 1.165) is 33.3 Å². The molecule has 0 unspecified atom stereocenters. The summed E-state index contributed by atoms with van der Waals surface area (Å²) in [5.41, 5.74) is 2.01. The summed E-state index contributed by atoms with van der Waals surface area (Å²) < 4.78 is 44.6.